The molecule has 3 aromatic rings. The van der Waals surface area contributed by atoms with Crippen molar-refractivity contribution < 1.29 is 18.7 Å². The molecule has 0 bridgehead atoms. The molecule has 1 aliphatic carbocycles. The summed E-state index contributed by atoms with van der Waals surface area (Å²) in [5.74, 6) is 0.857. The zero-order valence-electron chi connectivity index (χ0n) is 29.5. The van der Waals surface area contributed by atoms with Gasteiger partial charge in [-0.1, -0.05) is 115 Å². The summed E-state index contributed by atoms with van der Waals surface area (Å²) in [6.45, 7) is 15.0. The molecule has 1 unspecified atom stereocenters. The first-order chi connectivity index (χ1) is 22.5. The minimum atomic E-state index is -0.442. The molecule has 0 radical (unpaired) electrons. The topological polar surface area (TPSA) is 68.5 Å². The van der Waals surface area contributed by atoms with E-state index in [4.69, 9.17) is 20.8 Å². The molecule has 2 aromatic carbocycles. The Bertz CT molecular complexity index is 1300. The van der Waals surface area contributed by atoms with Crippen LogP contribution in [0.15, 0.2) is 125 Å². The van der Waals surface area contributed by atoms with Crippen LogP contribution in [0.2, 0.25) is 0 Å². The molecule has 0 fully saturated rings. The van der Waals surface area contributed by atoms with Gasteiger partial charge in [-0.25, -0.2) is 0 Å². The average Bonchev–Trinajstić information content (AvgIpc) is 3.36. The van der Waals surface area contributed by atoms with Crippen molar-refractivity contribution in [2.75, 3.05) is 13.4 Å². The molecule has 1 aliphatic rings. The van der Waals surface area contributed by atoms with Crippen molar-refractivity contribution in [1.29, 1.82) is 0 Å². The molecule has 1 atom stereocenters. The van der Waals surface area contributed by atoms with Crippen LogP contribution < -0.4 is 5.32 Å². The number of likely N-dealkylation sites (N-methyl/N-ethyl adjacent to an activating group) is 1. The lowest BCUT2D eigenvalue weighted by atomic mass is 10.1. The van der Waals surface area contributed by atoms with E-state index in [9.17, 15) is 9.59 Å². The Hall–Kier alpha value is -3.64. The fourth-order valence-electron chi connectivity index (χ4n) is 3.49. The van der Waals surface area contributed by atoms with Gasteiger partial charge in [-0.05, 0) is 77.7 Å². The van der Waals surface area contributed by atoms with Crippen LogP contribution in [0.3, 0.4) is 0 Å². The summed E-state index contributed by atoms with van der Waals surface area (Å²) < 4.78 is 10.9. The Kier molecular flexibility index (Phi) is 28.8. The summed E-state index contributed by atoms with van der Waals surface area (Å²) in [5, 5.41) is 4.20. The normalized spacial score (nSPS) is 11.9. The minimum absolute atomic E-state index is 0.205. The maximum atomic E-state index is 11.9. The summed E-state index contributed by atoms with van der Waals surface area (Å²) in [4.78, 5) is 21.2. The Balaban J connectivity index is 0. The van der Waals surface area contributed by atoms with E-state index in [1.54, 1.807) is 19.2 Å². The van der Waals surface area contributed by atoms with Gasteiger partial charge in [0.1, 0.15) is 29.3 Å². The van der Waals surface area contributed by atoms with E-state index in [1.807, 2.05) is 76.2 Å². The van der Waals surface area contributed by atoms with Gasteiger partial charge in [-0.3, -0.25) is 4.79 Å². The first kappa shape index (κ1) is 45.5. The number of aryl methyl sites for hydroxylation is 1. The van der Waals surface area contributed by atoms with Gasteiger partial charge in [-0.2, -0.15) is 0 Å². The molecule has 1 N–H and O–H groups in total. The van der Waals surface area contributed by atoms with Crippen molar-refractivity contribution in [3.63, 3.8) is 0 Å². The van der Waals surface area contributed by atoms with Crippen LogP contribution in [-0.2, 0) is 27.2 Å². The number of carbonyl (C=O) groups is 2. The number of alkyl halides is 1. The highest BCUT2D eigenvalue weighted by molar-refractivity contribution is 6.25. The highest BCUT2D eigenvalue weighted by atomic mass is 35.5. The van der Waals surface area contributed by atoms with Crippen molar-refractivity contribution in [2.24, 2.45) is 0 Å². The van der Waals surface area contributed by atoms with Crippen molar-refractivity contribution in [3.8, 4) is 0 Å². The van der Waals surface area contributed by atoms with Gasteiger partial charge < -0.3 is 19.3 Å². The third-order valence-electron chi connectivity index (χ3n) is 5.72. The molecule has 7 heteroatoms. The van der Waals surface area contributed by atoms with Crippen LogP contribution >= 0.6 is 23.2 Å². The third-order valence-corrected chi connectivity index (χ3v) is 5.97. The molecule has 5 nitrogen and oxygen atoms in total. The predicted molar refractivity (Wildman–Crippen MR) is 204 cm³/mol. The number of nitrogens with one attached hydrogen (secondary N) is 1. The van der Waals surface area contributed by atoms with Crippen LogP contribution in [0, 0.1) is 0 Å². The van der Waals surface area contributed by atoms with Crippen molar-refractivity contribution >= 4 is 46.4 Å². The fourth-order valence-corrected chi connectivity index (χ4v) is 3.49. The molecule has 47 heavy (non-hydrogen) atoms. The van der Waals surface area contributed by atoms with Crippen molar-refractivity contribution in [2.45, 2.75) is 78.9 Å². The smallest absolute Gasteiger partial charge is 0.323 e. The number of benzene rings is 2. The Morgan fingerprint density at radius 3 is 2.19 bits per heavy atom. The van der Waals surface area contributed by atoms with Gasteiger partial charge in [0.15, 0.2) is 0 Å². The lowest BCUT2D eigenvalue weighted by Gasteiger charge is -2.23. The van der Waals surface area contributed by atoms with Gasteiger partial charge in [0.25, 0.3) is 0 Å². The first-order valence-corrected chi connectivity index (χ1v) is 16.8. The van der Waals surface area contributed by atoms with E-state index >= 15 is 0 Å². The van der Waals surface area contributed by atoms with Gasteiger partial charge in [0, 0.05) is 24.6 Å². The molecule has 4 rings (SSSR count). The maximum absolute atomic E-state index is 11.9. The van der Waals surface area contributed by atoms with Gasteiger partial charge in [-0.15, -0.1) is 18.2 Å². The predicted octanol–water partition coefficient (Wildman–Crippen LogP) is 11.0. The van der Waals surface area contributed by atoms with Crippen molar-refractivity contribution in [3.05, 3.63) is 132 Å². The van der Waals surface area contributed by atoms with Crippen LogP contribution in [0.1, 0.15) is 65.7 Å². The molecular weight excluding hydrogens is 629 g/mol. The number of allylic oxidation sites excluding steroid dienone is 8. The lowest BCUT2D eigenvalue weighted by molar-refractivity contribution is -0.157. The van der Waals surface area contributed by atoms with E-state index in [2.05, 4.69) is 79.9 Å². The maximum Gasteiger partial charge on any atom is 0.323 e. The molecule has 0 aliphatic heterocycles. The number of halogens is 2. The zero-order valence-corrected chi connectivity index (χ0v) is 31.0. The van der Waals surface area contributed by atoms with Crippen LogP contribution in [0.25, 0.3) is 11.0 Å². The van der Waals surface area contributed by atoms with E-state index in [0.717, 1.165) is 36.0 Å². The van der Waals surface area contributed by atoms with Gasteiger partial charge >= 0.3 is 5.97 Å². The SMILES string of the molecule is C/C=C/Cl.C=CCC=O.CC1=CCC=CC=C1.CCc1cc2ccccc2o1.CCl.CNC(Cc1ccccc1)C(=O)OC(C)(C)C. The molecule has 0 saturated carbocycles. The summed E-state index contributed by atoms with van der Waals surface area (Å²) >= 11 is 9.64. The van der Waals surface area contributed by atoms with Crippen LogP contribution in [0.5, 0.6) is 0 Å². The van der Waals surface area contributed by atoms with Crippen LogP contribution in [0.4, 0.5) is 0 Å². The highest BCUT2D eigenvalue weighted by Crippen LogP contribution is 2.18. The second-order valence-corrected chi connectivity index (χ2v) is 11.0. The summed E-state index contributed by atoms with van der Waals surface area (Å²) in [6.07, 6.45) is 19.4. The van der Waals surface area contributed by atoms with Crippen molar-refractivity contribution in [1.82, 2.24) is 5.32 Å². The lowest BCUT2D eigenvalue weighted by Crippen LogP contribution is -2.41. The highest BCUT2D eigenvalue weighted by Gasteiger charge is 2.23. The Labute approximate surface area is 294 Å². The van der Waals surface area contributed by atoms with E-state index in [1.165, 1.54) is 22.9 Å². The number of fused-ring (bicyclic) bond motifs is 1. The second kappa shape index (κ2) is 29.7. The number of carbonyl (C=O) groups excluding carboxylic acids is 2. The minimum Gasteiger partial charge on any atom is -0.461 e. The zero-order chi connectivity index (χ0) is 35.9. The molecule has 0 saturated heterocycles. The van der Waals surface area contributed by atoms with E-state index in [-0.39, 0.29) is 12.0 Å². The summed E-state index contributed by atoms with van der Waals surface area (Å²) in [5.41, 5.74) is 4.50. The first-order valence-electron chi connectivity index (χ1n) is 15.6. The van der Waals surface area contributed by atoms with E-state index < -0.39 is 5.60 Å². The number of hydrogen-bond donors (Lipinski definition) is 1. The average molecular weight is 685 g/mol. The fraction of sp³-hybridized carbons (Fsp3) is 0.350. The molecule has 0 amide bonds. The number of rotatable bonds is 7. The second-order valence-electron chi connectivity index (χ2n) is 10.8. The molecule has 1 heterocycles. The Morgan fingerprint density at radius 1 is 1.09 bits per heavy atom. The summed E-state index contributed by atoms with van der Waals surface area (Å²) in [6, 6.07) is 19.8. The number of furan rings is 1. The molecular formula is C40H55Cl2NO4. The Morgan fingerprint density at radius 2 is 1.70 bits per heavy atom. The molecule has 1 aromatic heterocycles. The van der Waals surface area contributed by atoms with Crippen LogP contribution in [-0.4, -0.2) is 37.3 Å². The molecule has 0 spiro atoms. The number of hydrogen-bond acceptors (Lipinski definition) is 5. The summed E-state index contributed by atoms with van der Waals surface area (Å²) in [7, 11) is 1.78. The number of ether oxygens (including phenoxy) is 1. The monoisotopic (exact) mass is 683 g/mol. The van der Waals surface area contributed by atoms with Gasteiger partial charge in [0.2, 0.25) is 0 Å². The molecule has 258 valence electrons. The van der Waals surface area contributed by atoms with Gasteiger partial charge in [0.05, 0.1) is 0 Å². The number of para-hydroxylation sites is 1. The number of aldehydes is 1. The third kappa shape index (κ3) is 25.2. The quantitative estimate of drug-likeness (QED) is 0.116. The number of esters is 1. The standard InChI is InChI=1S/C14H21NO2.C10H10O.C8H10.C4H6O.C3H5Cl.CH3Cl/c1-14(2,3)17-13(16)12(15-4)10-11-8-6-5-7-9-11;1-2-9-7-8-5-3-4-6-10(8)11-9;1-8-6-4-2-3-5-7-8;1-2-3-4-5;1-2-3-4;1-2/h5-9,12,15H,10H2,1-4H3;3-7H,2H2,1H3;2-4,6-7H,5H2,1H3;2,4H,1,3H2;2-3H,1H3;1H3/b;;;;3-2+;. The largest absolute Gasteiger partial charge is 0.461 e. The van der Waals surface area contributed by atoms with E-state index in [0.29, 0.717) is 12.8 Å².